The number of rotatable bonds is 4. The molecule has 0 bridgehead atoms. The van der Waals surface area contributed by atoms with Gasteiger partial charge in [0.05, 0.1) is 11.5 Å². The van der Waals surface area contributed by atoms with Crippen LogP contribution in [0.25, 0.3) is 0 Å². The maximum absolute atomic E-state index is 10.4. The lowest BCUT2D eigenvalue weighted by Crippen LogP contribution is -1.95. The quantitative estimate of drug-likeness (QED) is 0.824. The molecule has 1 aromatic heterocycles. The SMILES string of the molecule is O=P(O)(O)COCc1sc(Cl)nc1Cl. The van der Waals surface area contributed by atoms with E-state index in [1.807, 2.05) is 0 Å². The van der Waals surface area contributed by atoms with Gasteiger partial charge in [0.15, 0.2) is 4.47 Å². The number of halogens is 2. The maximum atomic E-state index is 10.4. The molecule has 14 heavy (non-hydrogen) atoms. The van der Waals surface area contributed by atoms with Crippen molar-refractivity contribution in [3.05, 3.63) is 14.5 Å². The van der Waals surface area contributed by atoms with Crippen LogP contribution < -0.4 is 0 Å². The first-order valence-electron chi connectivity index (χ1n) is 3.31. The number of nitrogens with zero attached hydrogens (tertiary/aromatic N) is 1. The van der Waals surface area contributed by atoms with Crippen LogP contribution in [0.15, 0.2) is 0 Å². The van der Waals surface area contributed by atoms with Gasteiger partial charge in [-0.15, -0.1) is 11.3 Å². The first kappa shape index (κ1) is 12.4. The van der Waals surface area contributed by atoms with Gasteiger partial charge in [-0.25, -0.2) is 4.98 Å². The van der Waals surface area contributed by atoms with Crippen molar-refractivity contribution in [3.63, 3.8) is 0 Å². The number of thiazole rings is 1. The monoisotopic (exact) mass is 277 g/mol. The summed E-state index contributed by atoms with van der Waals surface area (Å²) >= 11 is 12.3. The van der Waals surface area contributed by atoms with Crippen molar-refractivity contribution in [1.82, 2.24) is 4.98 Å². The van der Waals surface area contributed by atoms with E-state index in [0.29, 0.717) is 4.88 Å². The van der Waals surface area contributed by atoms with Crippen LogP contribution in [-0.4, -0.2) is 21.1 Å². The average molecular weight is 278 g/mol. The summed E-state index contributed by atoms with van der Waals surface area (Å²) in [5.41, 5.74) is 0. The predicted octanol–water partition coefficient (Wildman–Crippen LogP) is 2.10. The predicted molar refractivity (Wildman–Crippen MR) is 53.8 cm³/mol. The zero-order valence-electron chi connectivity index (χ0n) is 6.68. The van der Waals surface area contributed by atoms with E-state index in [1.54, 1.807) is 0 Å². The second kappa shape index (κ2) is 4.90. The molecule has 0 unspecified atom stereocenters. The van der Waals surface area contributed by atoms with Gasteiger partial charge in [-0.2, -0.15) is 0 Å². The Balaban J connectivity index is 2.46. The molecule has 0 amide bonds. The number of hydrogen-bond acceptors (Lipinski definition) is 4. The van der Waals surface area contributed by atoms with Crippen LogP contribution in [0.3, 0.4) is 0 Å². The van der Waals surface area contributed by atoms with Crippen molar-refractivity contribution < 1.29 is 19.1 Å². The Bertz CT molecular complexity index is 365. The van der Waals surface area contributed by atoms with Crippen molar-refractivity contribution in [2.75, 3.05) is 6.35 Å². The summed E-state index contributed by atoms with van der Waals surface area (Å²) in [5, 5.41) is 0.200. The van der Waals surface area contributed by atoms with Crippen LogP contribution in [0, 0.1) is 0 Å². The standard InChI is InChI=1S/C5H6Cl2NO4PS/c6-4-3(14-5(7)8-4)1-12-2-13(9,10)11/h1-2H2,(H2,9,10,11). The van der Waals surface area contributed by atoms with E-state index >= 15 is 0 Å². The molecule has 9 heteroatoms. The lowest BCUT2D eigenvalue weighted by Gasteiger charge is -2.03. The minimum atomic E-state index is -4.13. The highest BCUT2D eigenvalue weighted by Gasteiger charge is 2.14. The van der Waals surface area contributed by atoms with Crippen LogP contribution in [0.4, 0.5) is 0 Å². The molecule has 0 saturated carbocycles. The van der Waals surface area contributed by atoms with Gasteiger partial charge in [-0.1, -0.05) is 23.2 Å². The Kier molecular flexibility index (Phi) is 4.33. The van der Waals surface area contributed by atoms with Crippen LogP contribution in [0.1, 0.15) is 4.88 Å². The van der Waals surface area contributed by atoms with E-state index in [1.165, 1.54) is 0 Å². The largest absolute Gasteiger partial charge is 0.363 e. The second-order valence-corrected chi connectivity index (χ2v) is 5.93. The smallest absolute Gasteiger partial charge is 0.350 e. The summed E-state index contributed by atoms with van der Waals surface area (Å²) in [4.78, 5) is 21.2. The summed E-state index contributed by atoms with van der Waals surface area (Å²) in [6.07, 6.45) is -0.640. The third kappa shape index (κ3) is 4.23. The molecular formula is C5H6Cl2NO4PS. The lowest BCUT2D eigenvalue weighted by atomic mass is 10.6. The van der Waals surface area contributed by atoms with E-state index in [2.05, 4.69) is 4.98 Å². The topological polar surface area (TPSA) is 79.7 Å². The third-order valence-electron chi connectivity index (χ3n) is 1.12. The fourth-order valence-corrected chi connectivity index (χ4v) is 2.31. The van der Waals surface area contributed by atoms with Gasteiger partial charge in [0.1, 0.15) is 11.5 Å². The van der Waals surface area contributed by atoms with E-state index in [9.17, 15) is 4.57 Å². The normalized spacial score (nSPS) is 12.0. The van der Waals surface area contributed by atoms with Crippen LogP contribution in [0.2, 0.25) is 9.62 Å². The fraction of sp³-hybridized carbons (Fsp3) is 0.400. The summed E-state index contributed by atoms with van der Waals surface area (Å²) in [6.45, 7) is -0.00562. The molecule has 0 radical (unpaired) electrons. The molecule has 1 rings (SSSR count). The molecule has 2 N–H and O–H groups in total. The third-order valence-corrected chi connectivity index (χ3v) is 3.19. The zero-order chi connectivity index (χ0) is 10.8. The van der Waals surface area contributed by atoms with Crippen molar-refractivity contribution in [1.29, 1.82) is 0 Å². The molecule has 1 heterocycles. The molecule has 5 nitrogen and oxygen atoms in total. The van der Waals surface area contributed by atoms with Gasteiger partial charge in [0.2, 0.25) is 0 Å². The summed E-state index contributed by atoms with van der Waals surface area (Å²) < 4.78 is 15.4. The van der Waals surface area contributed by atoms with Gasteiger partial charge in [0, 0.05) is 0 Å². The van der Waals surface area contributed by atoms with Crippen LogP contribution in [-0.2, 0) is 15.9 Å². The van der Waals surface area contributed by atoms with E-state index in [0.717, 1.165) is 11.3 Å². The Morgan fingerprint density at radius 2 is 2.14 bits per heavy atom. The molecule has 80 valence electrons. The zero-order valence-corrected chi connectivity index (χ0v) is 9.91. The Morgan fingerprint density at radius 3 is 2.57 bits per heavy atom. The highest BCUT2D eigenvalue weighted by molar-refractivity contribution is 7.51. The maximum Gasteiger partial charge on any atom is 0.350 e. The summed E-state index contributed by atoms with van der Waals surface area (Å²) in [5.74, 6) is 0. The highest BCUT2D eigenvalue weighted by atomic mass is 35.5. The van der Waals surface area contributed by atoms with Crippen molar-refractivity contribution in [3.8, 4) is 0 Å². The summed E-state index contributed by atoms with van der Waals surface area (Å²) in [7, 11) is -4.13. The minimum Gasteiger partial charge on any atom is -0.363 e. The molecular weight excluding hydrogens is 272 g/mol. The summed E-state index contributed by atoms with van der Waals surface area (Å²) in [6, 6.07) is 0. The molecule has 1 aromatic rings. The first-order chi connectivity index (χ1) is 6.38. The Labute approximate surface area is 93.8 Å². The molecule has 0 fully saturated rings. The van der Waals surface area contributed by atoms with Crippen LogP contribution in [0.5, 0.6) is 0 Å². The number of hydrogen-bond donors (Lipinski definition) is 2. The minimum absolute atomic E-state index is 0.00562. The molecule has 0 aliphatic heterocycles. The Morgan fingerprint density at radius 1 is 1.50 bits per heavy atom. The molecule has 0 aliphatic rings. The number of ether oxygens (including phenoxy) is 1. The first-order valence-corrected chi connectivity index (χ1v) is 6.68. The highest BCUT2D eigenvalue weighted by Crippen LogP contribution is 2.35. The van der Waals surface area contributed by atoms with Crippen molar-refractivity contribution in [2.24, 2.45) is 0 Å². The lowest BCUT2D eigenvalue weighted by molar-refractivity contribution is 0.146. The van der Waals surface area contributed by atoms with Gasteiger partial charge < -0.3 is 14.5 Å². The van der Waals surface area contributed by atoms with E-state index in [4.69, 9.17) is 37.7 Å². The average Bonchev–Trinajstić information content (AvgIpc) is 2.27. The molecule has 0 atom stereocenters. The van der Waals surface area contributed by atoms with Gasteiger partial charge >= 0.3 is 7.60 Å². The Hall–Kier alpha value is 0.320. The van der Waals surface area contributed by atoms with Crippen molar-refractivity contribution in [2.45, 2.75) is 6.61 Å². The van der Waals surface area contributed by atoms with E-state index < -0.39 is 13.9 Å². The van der Waals surface area contributed by atoms with Crippen molar-refractivity contribution >= 4 is 42.1 Å². The van der Waals surface area contributed by atoms with Gasteiger partial charge in [-0.05, 0) is 0 Å². The van der Waals surface area contributed by atoms with Gasteiger partial charge in [-0.3, -0.25) is 4.57 Å². The van der Waals surface area contributed by atoms with Crippen LogP contribution >= 0.6 is 42.1 Å². The molecule has 0 spiro atoms. The van der Waals surface area contributed by atoms with Gasteiger partial charge in [0.25, 0.3) is 0 Å². The molecule has 0 saturated heterocycles. The fourth-order valence-electron chi connectivity index (χ4n) is 0.652. The molecule has 0 aliphatic carbocycles. The second-order valence-electron chi connectivity index (χ2n) is 2.32. The molecule has 0 aromatic carbocycles. The number of aromatic nitrogens is 1. The van der Waals surface area contributed by atoms with E-state index in [-0.39, 0.29) is 16.2 Å².